The summed E-state index contributed by atoms with van der Waals surface area (Å²) in [6.07, 6.45) is 20.4. The van der Waals surface area contributed by atoms with Gasteiger partial charge in [-0.15, -0.1) is 0 Å². The minimum atomic E-state index is -0.464. The molecule has 4 aliphatic rings. The Hall–Kier alpha value is -3.88. The van der Waals surface area contributed by atoms with Crippen LogP contribution in [0.3, 0.4) is 0 Å². The summed E-state index contributed by atoms with van der Waals surface area (Å²) in [7, 11) is 0. The number of nitrogens with zero attached hydrogens (tertiary/aromatic N) is 3. The molecule has 9 heteroatoms. The van der Waals surface area contributed by atoms with Crippen molar-refractivity contribution in [3.63, 3.8) is 0 Å². The quantitative estimate of drug-likeness (QED) is 0.0300. The zero-order valence-electron chi connectivity index (χ0n) is 34.5. The summed E-state index contributed by atoms with van der Waals surface area (Å²) < 4.78 is 11.5. The van der Waals surface area contributed by atoms with E-state index in [0.29, 0.717) is 41.8 Å². The highest BCUT2D eigenvalue weighted by Gasteiger charge is 2.59. The first-order valence-electron chi connectivity index (χ1n) is 21.7. The molecule has 4 aliphatic carbocycles. The Labute approximate surface area is 334 Å². The Balaban J connectivity index is 0.866. The normalized spacial score (nSPS) is 28.9. The molecule has 304 valence electrons. The third-order valence-corrected chi connectivity index (χ3v) is 14.5. The standard InChI is InChI=1S/C47H65N3O6/c1-32(2)11-10-12-33(3)41-25-26-42-40-24-15-34-31-39(27-29-46(34,4)43(40)28-30-47(41,42)5)56-45(52)14-9-7-6-8-13-44(51)55-38-22-18-36(19-23-38)49-48-35-16-20-37(21-17-35)50(53)54/h15-23,32-33,39-43H,6-14,24-31H2,1-5H3/t33-,39?,40+,41-,42+,43+,46+,47-/m1/s1. The van der Waals surface area contributed by atoms with Crippen molar-refractivity contribution in [3.05, 3.63) is 70.3 Å². The number of non-ortho nitro benzene ring substituents is 1. The first kappa shape index (κ1) is 41.7. The zero-order chi connectivity index (χ0) is 39.9. The Kier molecular flexibility index (Phi) is 13.9. The molecule has 0 radical (unpaired) electrons. The van der Waals surface area contributed by atoms with Crippen LogP contribution in [-0.4, -0.2) is 23.0 Å². The fraction of sp³-hybridized carbons (Fsp3) is 0.660. The van der Waals surface area contributed by atoms with Crippen LogP contribution >= 0.6 is 0 Å². The summed E-state index contributed by atoms with van der Waals surface area (Å²) in [4.78, 5) is 35.6. The van der Waals surface area contributed by atoms with Gasteiger partial charge >= 0.3 is 11.9 Å². The van der Waals surface area contributed by atoms with Gasteiger partial charge in [0.2, 0.25) is 0 Å². The topological polar surface area (TPSA) is 120 Å². The maximum absolute atomic E-state index is 12.9. The number of benzene rings is 2. The third kappa shape index (κ3) is 9.97. The average molecular weight is 768 g/mol. The van der Waals surface area contributed by atoms with E-state index in [1.165, 1.54) is 75.6 Å². The zero-order valence-corrected chi connectivity index (χ0v) is 34.5. The van der Waals surface area contributed by atoms with Crippen molar-refractivity contribution in [1.29, 1.82) is 0 Å². The van der Waals surface area contributed by atoms with Gasteiger partial charge in [0.1, 0.15) is 11.9 Å². The first-order valence-corrected chi connectivity index (χ1v) is 21.7. The minimum absolute atomic E-state index is 0.00302. The van der Waals surface area contributed by atoms with Gasteiger partial charge in [0.25, 0.3) is 5.69 Å². The number of carbonyl (C=O) groups excluding carboxylic acids is 2. The van der Waals surface area contributed by atoms with E-state index in [1.807, 2.05) is 0 Å². The van der Waals surface area contributed by atoms with Crippen molar-refractivity contribution in [1.82, 2.24) is 0 Å². The van der Waals surface area contributed by atoms with E-state index in [4.69, 9.17) is 9.47 Å². The van der Waals surface area contributed by atoms with E-state index in [1.54, 1.807) is 29.8 Å². The summed E-state index contributed by atoms with van der Waals surface area (Å²) >= 11 is 0. The molecule has 0 heterocycles. The lowest BCUT2D eigenvalue weighted by molar-refractivity contribution is -0.384. The fourth-order valence-electron chi connectivity index (χ4n) is 11.4. The molecule has 0 spiro atoms. The van der Waals surface area contributed by atoms with Crippen LogP contribution in [-0.2, 0) is 14.3 Å². The van der Waals surface area contributed by atoms with E-state index in [0.717, 1.165) is 74.0 Å². The number of hydrogen-bond donors (Lipinski definition) is 0. The minimum Gasteiger partial charge on any atom is -0.462 e. The molecule has 3 fully saturated rings. The highest BCUT2D eigenvalue weighted by molar-refractivity contribution is 5.72. The lowest BCUT2D eigenvalue weighted by Crippen LogP contribution is -2.51. The predicted octanol–water partition coefficient (Wildman–Crippen LogP) is 13.2. The van der Waals surface area contributed by atoms with Gasteiger partial charge in [0, 0.05) is 31.4 Å². The van der Waals surface area contributed by atoms with Crippen molar-refractivity contribution in [2.75, 3.05) is 0 Å². The first-order chi connectivity index (χ1) is 26.9. The van der Waals surface area contributed by atoms with Crippen LogP contribution in [0, 0.1) is 56.5 Å². The average Bonchev–Trinajstić information content (AvgIpc) is 3.53. The van der Waals surface area contributed by atoms with Crippen molar-refractivity contribution < 1.29 is 24.0 Å². The van der Waals surface area contributed by atoms with E-state index in [-0.39, 0.29) is 29.1 Å². The number of esters is 2. The van der Waals surface area contributed by atoms with Gasteiger partial charge in [0.05, 0.1) is 16.3 Å². The van der Waals surface area contributed by atoms with Crippen molar-refractivity contribution in [2.45, 2.75) is 150 Å². The second-order valence-corrected chi connectivity index (χ2v) is 18.5. The third-order valence-electron chi connectivity index (χ3n) is 14.5. The number of rotatable bonds is 17. The van der Waals surface area contributed by atoms with Crippen molar-refractivity contribution >= 4 is 29.0 Å². The largest absolute Gasteiger partial charge is 0.462 e. The number of nitro benzene ring substituents is 1. The number of fused-ring (bicyclic) bond motifs is 5. The van der Waals surface area contributed by atoms with Crippen LogP contribution in [0.1, 0.15) is 144 Å². The number of ether oxygens (including phenoxy) is 2. The molecule has 8 atom stereocenters. The Morgan fingerprint density at radius 3 is 2.12 bits per heavy atom. The number of hydrogen-bond acceptors (Lipinski definition) is 8. The monoisotopic (exact) mass is 767 g/mol. The number of nitro groups is 1. The molecule has 9 nitrogen and oxygen atoms in total. The molecule has 0 bridgehead atoms. The fourth-order valence-corrected chi connectivity index (χ4v) is 11.4. The van der Waals surface area contributed by atoms with Gasteiger partial charge in [-0.3, -0.25) is 19.7 Å². The molecule has 6 rings (SSSR count). The molecule has 2 aromatic rings. The maximum Gasteiger partial charge on any atom is 0.311 e. The summed E-state index contributed by atoms with van der Waals surface area (Å²) in [5.74, 6) is 5.01. The smallest absolute Gasteiger partial charge is 0.311 e. The molecule has 1 unspecified atom stereocenters. The number of allylic oxidation sites excluding steroid dienone is 1. The molecule has 0 aromatic heterocycles. The summed E-state index contributed by atoms with van der Waals surface area (Å²) in [5, 5.41) is 19.0. The number of azo groups is 1. The van der Waals surface area contributed by atoms with Crippen LogP contribution in [0.4, 0.5) is 17.1 Å². The number of unbranched alkanes of at least 4 members (excludes halogenated alkanes) is 3. The SMILES string of the molecule is CC(C)CCC[C@@H](C)[C@H]1CC[C@H]2[C@@H]3CC=C4CC(OC(=O)CCCCCCC(=O)Oc5ccc(N=Nc6ccc([N+](=O)[O-])cc6)cc5)CC[C@]4(C)[C@H]3CC[C@]12C. The van der Waals surface area contributed by atoms with Crippen LogP contribution in [0.15, 0.2) is 70.4 Å². The summed E-state index contributed by atoms with van der Waals surface area (Å²) in [5.41, 5.74) is 3.37. The van der Waals surface area contributed by atoms with Crippen LogP contribution in [0.25, 0.3) is 0 Å². The Morgan fingerprint density at radius 1 is 0.804 bits per heavy atom. The van der Waals surface area contributed by atoms with E-state index in [9.17, 15) is 19.7 Å². The van der Waals surface area contributed by atoms with Crippen molar-refractivity contribution in [3.8, 4) is 5.75 Å². The maximum atomic E-state index is 12.9. The summed E-state index contributed by atoms with van der Waals surface area (Å²) in [6, 6.07) is 12.5. The van der Waals surface area contributed by atoms with Gasteiger partial charge in [-0.2, -0.15) is 10.2 Å². The summed E-state index contributed by atoms with van der Waals surface area (Å²) in [6.45, 7) is 12.5. The Bertz CT molecular complexity index is 1720. The molecule has 0 aliphatic heterocycles. The predicted molar refractivity (Wildman–Crippen MR) is 220 cm³/mol. The van der Waals surface area contributed by atoms with E-state index >= 15 is 0 Å². The van der Waals surface area contributed by atoms with Crippen LogP contribution in [0.5, 0.6) is 5.75 Å². The molecule has 3 saturated carbocycles. The Morgan fingerprint density at radius 2 is 1.46 bits per heavy atom. The van der Waals surface area contributed by atoms with Gasteiger partial charge < -0.3 is 9.47 Å². The second-order valence-electron chi connectivity index (χ2n) is 18.5. The van der Waals surface area contributed by atoms with Gasteiger partial charge in [-0.05, 0) is 141 Å². The number of carbonyl (C=O) groups is 2. The van der Waals surface area contributed by atoms with Gasteiger partial charge in [-0.25, -0.2) is 0 Å². The molecule has 0 amide bonds. The van der Waals surface area contributed by atoms with Crippen LogP contribution in [0.2, 0.25) is 0 Å². The highest BCUT2D eigenvalue weighted by Crippen LogP contribution is 2.67. The van der Waals surface area contributed by atoms with E-state index < -0.39 is 4.92 Å². The van der Waals surface area contributed by atoms with Gasteiger partial charge in [-0.1, -0.05) is 78.4 Å². The highest BCUT2D eigenvalue weighted by atomic mass is 16.6. The molecule has 0 N–H and O–H groups in total. The van der Waals surface area contributed by atoms with Gasteiger partial charge in [0.15, 0.2) is 0 Å². The second kappa shape index (κ2) is 18.6. The molecule has 2 aromatic carbocycles. The molecule has 0 saturated heterocycles. The molecule has 56 heavy (non-hydrogen) atoms. The van der Waals surface area contributed by atoms with Crippen molar-refractivity contribution in [2.24, 2.45) is 56.6 Å². The molecular formula is C47H65N3O6. The molecular weight excluding hydrogens is 703 g/mol. The van der Waals surface area contributed by atoms with Crippen LogP contribution < -0.4 is 4.74 Å². The lowest BCUT2D eigenvalue weighted by atomic mass is 9.47. The van der Waals surface area contributed by atoms with E-state index in [2.05, 4.69) is 50.9 Å². The lowest BCUT2D eigenvalue weighted by Gasteiger charge is -2.58.